The lowest BCUT2D eigenvalue weighted by Crippen LogP contribution is -2.40. The molecule has 33 heavy (non-hydrogen) atoms. The first-order valence-electron chi connectivity index (χ1n) is 11.3. The Kier molecular flexibility index (Phi) is 10.6. The van der Waals surface area contributed by atoms with Gasteiger partial charge in [-0.15, -0.1) is 24.0 Å². The van der Waals surface area contributed by atoms with Gasteiger partial charge in [0.05, 0.1) is 6.54 Å². The first kappa shape index (κ1) is 26.6. The Hall–Kier alpha value is -2.62. The minimum Gasteiger partial charge on any atom is -0.357 e. The Bertz CT molecular complexity index is 979. The standard InChI is InChI=1S/C25H33N5O2.HI/c1-4-17(3)24(32)29-20-10-8-9-18(13-20)15-27-25(26-5-2)28-16-19-14-23(31)30-22-12-7-6-11-21(19)22;/h6-13,17,19H,4-5,14-16H2,1-3H3,(H,29,32)(H,30,31)(H2,26,27,28);1H. The van der Waals surface area contributed by atoms with Gasteiger partial charge in [0.15, 0.2) is 5.96 Å². The van der Waals surface area contributed by atoms with E-state index < -0.39 is 0 Å². The van der Waals surface area contributed by atoms with Crippen LogP contribution in [0.15, 0.2) is 53.5 Å². The Labute approximate surface area is 213 Å². The molecule has 2 atom stereocenters. The number of amides is 2. The normalized spacial score (nSPS) is 16.0. The number of halogens is 1. The summed E-state index contributed by atoms with van der Waals surface area (Å²) in [5.74, 6) is 0.829. The second-order valence-electron chi connectivity index (χ2n) is 8.11. The SMILES string of the molecule is CCNC(=NCc1cccc(NC(=O)C(C)CC)c1)NCC1CC(=O)Nc2ccccc21.I. The number of nitrogens with one attached hydrogen (secondary N) is 4. The average Bonchev–Trinajstić information content (AvgIpc) is 2.80. The van der Waals surface area contributed by atoms with Crippen molar-refractivity contribution in [3.8, 4) is 0 Å². The molecule has 4 N–H and O–H groups in total. The molecule has 0 aromatic heterocycles. The zero-order valence-corrected chi connectivity index (χ0v) is 21.8. The Morgan fingerprint density at radius 1 is 1.15 bits per heavy atom. The van der Waals surface area contributed by atoms with Gasteiger partial charge in [0.2, 0.25) is 11.8 Å². The van der Waals surface area contributed by atoms with Crippen molar-refractivity contribution in [3.05, 3.63) is 59.7 Å². The smallest absolute Gasteiger partial charge is 0.227 e. The molecule has 1 aliphatic heterocycles. The zero-order valence-electron chi connectivity index (χ0n) is 19.5. The molecule has 0 saturated heterocycles. The number of aliphatic imine (C=N–C) groups is 1. The van der Waals surface area contributed by atoms with Gasteiger partial charge in [0.25, 0.3) is 0 Å². The van der Waals surface area contributed by atoms with E-state index in [0.717, 1.165) is 35.5 Å². The molecular formula is C25H34IN5O2. The number of nitrogens with zero attached hydrogens (tertiary/aromatic N) is 1. The summed E-state index contributed by atoms with van der Waals surface area (Å²) in [4.78, 5) is 28.9. The van der Waals surface area contributed by atoms with Crippen LogP contribution in [0, 0.1) is 5.92 Å². The van der Waals surface area contributed by atoms with E-state index in [0.29, 0.717) is 25.5 Å². The minimum atomic E-state index is -0.0202. The van der Waals surface area contributed by atoms with Crippen LogP contribution in [0.2, 0.25) is 0 Å². The fourth-order valence-corrected chi connectivity index (χ4v) is 3.61. The van der Waals surface area contributed by atoms with Crippen LogP contribution < -0.4 is 21.3 Å². The third-order valence-electron chi connectivity index (χ3n) is 5.64. The molecule has 2 aromatic rings. The number of hydrogen-bond acceptors (Lipinski definition) is 3. The summed E-state index contributed by atoms with van der Waals surface area (Å²) in [5.41, 5.74) is 3.81. The van der Waals surface area contributed by atoms with Crippen LogP contribution in [0.3, 0.4) is 0 Å². The van der Waals surface area contributed by atoms with Crippen molar-refractivity contribution in [2.75, 3.05) is 23.7 Å². The van der Waals surface area contributed by atoms with Gasteiger partial charge in [-0.1, -0.05) is 44.2 Å². The van der Waals surface area contributed by atoms with Crippen molar-refractivity contribution in [1.29, 1.82) is 0 Å². The molecule has 2 aromatic carbocycles. The van der Waals surface area contributed by atoms with E-state index >= 15 is 0 Å². The van der Waals surface area contributed by atoms with Gasteiger partial charge < -0.3 is 21.3 Å². The lowest BCUT2D eigenvalue weighted by Gasteiger charge is -2.26. The van der Waals surface area contributed by atoms with Gasteiger partial charge in [0.1, 0.15) is 0 Å². The molecule has 0 radical (unpaired) electrons. The van der Waals surface area contributed by atoms with Crippen molar-refractivity contribution >= 4 is 53.1 Å². The van der Waals surface area contributed by atoms with Crippen LogP contribution in [0.5, 0.6) is 0 Å². The largest absolute Gasteiger partial charge is 0.357 e. The van der Waals surface area contributed by atoms with Gasteiger partial charge in [-0.25, -0.2) is 4.99 Å². The fraction of sp³-hybridized carbons (Fsp3) is 0.400. The minimum absolute atomic E-state index is 0. The van der Waals surface area contributed by atoms with Gasteiger partial charge in [-0.3, -0.25) is 9.59 Å². The number of benzene rings is 2. The van der Waals surface area contributed by atoms with Gasteiger partial charge in [-0.2, -0.15) is 0 Å². The second kappa shape index (κ2) is 13.2. The predicted molar refractivity (Wildman–Crippen MR) is 145 cm³/mol. The molecule has 1 aliphatic rings. The third kappa shape index (κ3) is 7.73. The number of fused-ring (bicyclic) bond motifs is 1. The summed E-state index contributed by atoms with van der Waals surface area (Å²) >= 11 is 0. The summed E-state index contributed by atoms with van der Waals surface area (Å²) in [6.07, 6.45) is 1.25. The van der Waals surface area contributed by atoms with Crippen LogP contribution in [0.25, 0.3) is 0 Å². The van der Waals surface area contributed by atoms with E-state index in [-0.39, 0.29) is 47.6 Å². The van der Waals surface area contributed by atoms with E-state index in [1.807, 2.05) is 63.2 Å². The molecule has 2 unspecified atom stereocenters. The van der Waals surface area contributed by atoms with Crippen molar-refractivity contribution < 1.29 is 9.59 Å². The predicted octanol–water partition coefficient (Wildman–Crippen LogP) is 4.47. The quantitative estimate of drug-likeness (QED) is 0.217. The molecule has 7 nitrogen and oxygen atoms in total. The average molecular weight is 563 g/mol. The highest BCUT2D eigenvalue weighted by atomic mass is 127. The van der Waals surface area contributed by atoms with Crippen LogP contribution in [0.1, 0.15) is 50.7 Å². The zero-order chi connectivity index (χ0) is 22.9. The van der Waals surface area contributed by atoms with E-state index in [4.69, 9.17) is 4.99 Å². The van der Waals surface area contributed by atoms with E-state index in [9.17, 15) is 9.59 Å². The van der Waals surface area contributed by atoms with Crippen molar-refractivity contribution in [3.63, 3.8) is 0 Å². The van der Waals surface area contributed by atoms with E-state index in [2.05, 4.69) is 27.3 Å². The second-order valence-corrected chi connectivity index (χ2v) is 8.11. The maximum Gasteiger partial charge on any atom is 0.227 e. The lowest BCUT2D eigenvalue weighted by atomic mass is 9.90. The molecule has 2 amide bonds. The maximum absolute atomic E-state index is 12.2. The number of rotatable bonds is 8. The lowest BCUT2D eigenvalue weighted by molar-refractivity contribution is -0.119. The first-order chi connectivity index (χ1) is 15.5. The highest BCUT2D eigenvalue weighted by Gasteiger charge is 2.24. The van der Waals surface area contributed by atoms with Crippen molar-refractivity contribution in [2.45, 2.75) is 46.1 Å². The molecule has 1 heterocycles. The van der Waals surface area contributed by atoms with Gasteiger partial charge >= 0.3 is 0 Å². The third-order valence-corrected chi connectivity index (χ3v) is 5.64. The Morgan fingerprint density at radius 2 is 1.94 bits per heavy atom. The summed E-state index contributed by atoms with van der Waals surface area (Å²) in [6.45, 7) is 7.77. The summed E-state index contributed by atoms with van der Waals surface area (Å²) < 4.78 is 0. The monoisotopic (exact) mass is 563 g/mol. The molecular weight excluding hydrogens is 529 g/mol. The molecule has 0 fully saturated rings. The van der Waals surface area contributed by atoms with Crippen molar-refractivity contribution in [2.24, 2.45) is 10.9 Å². The number of anilines is 2. The molecule has 0 spiro atoms. The van der Waals surface area contributed by atoms with Crippen LogP contribution >= 0.6 is 24.0 Å². The highest BCUT2D eigenvalue weighted by molar-refractivity contribution is 14.0. The van der Waals surface area contributed by atoms with Crippen LogP contribution in [0.4, 0.5) is 11.4 Å². The summed E-state index contributed by atoms with van der Waals surface area (Å²) in [6, 6.07) is 15.7. The molecule has 178 valence electrons. The fourth-order valence-electron chi connectivity index (χ4n) is 3.61. The summed E-state index contributed by atoms with van der Waals surface area (Å²) in [7, 11) is 0. The van der Waals surface area contributed by atoms with Crippen LogP contribution in [-0.2, 0) is 16.1 Å². The molecule has 0 bridgehead atoms. The number of guanidine groups is 1. The maximum atomic E-state index is 12.2. The van der Waals surface area contributed by atoms with Gasteiger partial charge in [0, 0.05) is 42.7 Å². The Balaban J connectivity index is 0.00000385. The van der Waals surface area contributed by atoms with Crippen molar-refractivity contribution in [1.82, 2.24) is 10.6 Å². The molecule has 0 saturated carbocycles. The topological polar surface area (TPSA) is 94.6 Å². The number of hydrogen-bond donors (Lipinski definition) is 4. The molecule has 3 rings (SSSR count). The molecule has 0 aliphatic carbocycles. The number of carbonyl (C=O) groups excluding carboxylic acids is 2. The number of para-hydroxylation sites is 1. The Morgan fingerprint density at radius 3 is 2.70 bits per heavy atom. The number of carbonyl (C=O) groups is 2. The van der Waals surface area contributed by atoms with Gasteiger partial charge in [-0.05, 0) is 42.7 Å². The molecule has 8 heteroatoms. The first-order valence-corrected chi connectivity index (χ1v) is 11.3. The van der Waals surface area contributed by atoms with Crippen LogP contribution in [-0.4, -0.2) is 30.9 Å². The highest BCUT2D eigenvalue weighted by Crippen LogP contribution is 2.31. The van der Waals surface area contributed by atoms with E-state index in [1.165, 1.54) is 0 Å². The van der Waals surface area contributed by atoms with E-state index in [1.54, 1.807) is 0 Å². The summed E-state index contributed by atoms with van der Waals surface area (Å²) in [5, 5.41) is 12.6.